The number of fused-ring (bicyclic) bond motifs is 1. The predicted molar refractivity (Wildman–Crippen MR) is 113 cm³/mol. The van der Waals surface area contributed by atoms with Crippen LogP contribution in [-0.2, 0) is 0 Å². The normalized spacial score (nSPS) is 10.9. The monoisotopic (exact) mass is 405 g/mol. The highest BCUT2D eigenvalue weighted by molar-refractivity contribution is 5.92. The summed E-state index contributed by atoms with van der Waals surface area (Å²) in [4.78, 5) is 34.1. The highest BCUT2D eigenvalue weighted by Gasteiger charge is 2.13. The molecule has 4 N–H and O–H groups in total. The largest absolute Gasteiger partial charge is 0.478 e. The first kappa shape index (κ1) is 19.2. The summed E-state index contributed by atoms with van der Waals surface area (Å²) in [7, 11) is 0. The lowest BCUT2D eigenvalue weighted by Crippen LogP contribution is -2.06. The molecule has 0 unspecified atom stereocenters. The van der Waals surface area contributed by atoms with Crippen molar-refractivity contribution in [1.82, 2.24) is 15.0 Å². The summed E-state index contributed by atoms with van der Waals surface area (Å²) in [6.07, 6.45) is 1.68. The van der Waals surface area contributed by atoms with Crippen LogP contribution >= 0.6 is 0 Å². The number of oxazole rings is 1. The lowest BCUT2D eigenvalue weighted by molar-refractivity contribution is 0.0695. The molecular weight excluding hydrogens is 386 g/mol. The quantitative estimate of drug-likeness (QED) is 0.391. The molecular formula is C21H19N5O4. The van der Waals surface area contributed by atoms with Crippen LogP contribution in [0.4, 0.5) is 23.1 Å². The molecule has 9 heteroatoms. The Kier molecular flexibility index (Phi) is 4.71. The third-order valence-corrected chi connectivity index (χ3v) is 4.66. The van der Waals surface area contributed by atoms with Gasteiger partial charge in [0.05, 0.1) is 11.1 Å². The molecule has 0 fully saturated rings. The van der Waals surface area contributed by atoms with E-state index in [1.807, 2.05) is 6.92 Å². The number of hydrogen-bond acceptors (Lipinski definition) is 7. The number of aromatic carboxylic acids is 1. The summed E-state index contributed by atoms with van der Waals surface area (Å²) in [5.41, 5.74) is 4.90. The fourth-order valence-corrected chi connectivity index (χ4v) is 3.30. The minimum absolute atomic E-state index is 0.292. The number of rotatable bonds is 5. The van der Waals surface area contributed by atoms with Crippen molar-refractivity contribution in [3.05, 3.63) is 69.3 Å². The standard InChI is InChI=1S/C21H19N5O4/c1-10-6-14(7-11(2)17(10)19(27)28)24-20-22-9-12(3)18(26-20)23-13-4-5-16-15(8-13)25-21(29)30-16/h4-9H,1-3H3,(H,25,29)(H,27,28)(H2,22,23,24,26). The number of H-pyrrole nitrogens is 1. The van der Waals surface area contributed by atoms with Crippen molar-refractivity contribution in [2.75, 3.05) is 10.6 Å². The van der Waals surface area contributed by atoms with E-state index in [1.54, 1.807) is 50.4 Å². The molecule has 0 radical (unpaired) electrons. The van der Waals surface area contributed by atoms with Gasteiger partial charge in [0, 0.05) is 23.1 Å². The summed E-state index contributed by atoms with van der Waals surface area (Å²) < 4.78 is 5.01. The van der Waals surface area contributed by atoms with Gasteiger partial charge in [-0.3, -0.25) is 4.98 Å². The second-order valence-electron chi connectivity index (χ2n) is 6.99. The number of nitrogens with one attached hydrogen (secondary N) is 3. The zero-order valence-corrected chi connectivity index (χ0v) is 16.5. The number of carboxylic acid groups (broad SMARTS) is 1. The lowest BCUT2D eigenvalue weighted by Gasteiger charge is -2.13. The van der Waals surface area contributed by atoms with Gasteiger partial charge in [-0.1, -0.05) is 0 Å². The number of carbonyl (C=O) groups is 1. The van der Waals surface area contributed by atoms with E-state index in [1.165, 1.54) is 0 Å². The number of carboxylic acids is 1. The Morgan fingerprint density at radius 2 is 1.77 bits per heavy atom. The Bertz CT molecular complexity index is 1320. The third-order valence-electron chi connectivity index (χ3n) is 4.66. The first-order chi connectivity index (χ1) is 14.3. The molecule has 2 aromatic carbocycles. The topological polar surface area (TPSA) is 133 Å². The van der Waals surface area contributed by atoms with E-state index >= 15 is 0 Å². The minimum Gasteiger partial charge on any atom is -0.478 e. The van der Waals surface area contributed by atoms with E-state index in [9.17, 15) is 14.7 Å². The molecule has 0 bridgehead atoms. The van der Waals surface area contributed by atoms with Gasteiger partial charge in [0.2, 0.25) is 5.95 Å². The maximum atomic E-state index is 11.4. The van der Waals surface area contributed by atoms with Gasteiger partial charge in [-0.05, 0) is 62.2 Å². The molecule has 0 saturated heterocycles. The molecule has 0 aliphatic rings. The van der Waals surface area contributed by atoms with Crippen LogP contribution in [0.1, 0.15) is 27.0 Å². The average molecular weight is 405 g/mol. The van der Waals surface area contributed by atoms with E-state index in [0.29, 0.717) is 45.2 Å². The number of aryl methyl sites for hydroxylation is 3. The Balaban J connectivity index is 1.61. The summed E-state index contributed by atoms with van der Waals surface area (Å²) >= 11 is 0. The fourth-order valence-electron chi connectivity index (χ4n) is 3.30. The van der Waals surface area contributed by atoms with Crippen LogP contribution in [0.2, 0.25) is 0 Å². The summed E-state index contributed by atoms with van der Waals surface area (Å²) in [6, 6.07) is 8.73. The van der Waals surface area contributed by atoms with Crippen LogP contribution in [0.25, 0.3) is 11.1 Å². The number of aromatic amines is 1. The number of benzene rings is 2. The molecule has 2 heterocycles. The van der Waals surface area contributed by atoms with E-state index in [4.69, 9.17) is 4.42 Å². The van der Waals surface area contributed by atoms with E-state index in [2.05, 4.69) is 25.6 Å². The van der Waals surface area contributed by atoms with Crippen LogP contribution in [0.15, 0.2) is 45.7 Å². The average Bonchev–Trinajstić information content (AvgIpc) is 3.03. The van der Waals surface area contributed by atoms with Crippen molar-refractivity contribution < 1.29 is 14.3 Å². The first-order valence-corrected chi connectivity index (χ1v) is 9.15. The van der Waals surface area contributed by atoms with Crippen molar-refractivity contribution in [3.8, 4) is 0 Å². The molecule has 2 aromatic heterocycles. The van der Waals surface area contributed by atoms with E-state index < -0.39 is 11.7 Å². The van der Waals surface area contributed by atoms with Crippen molar-refractivity contribution in [2.45, 2.75) is 20.8 Å². The van der Waals surface area contributed by atoms with Crippen LogP contribution in [0.3, 0.4) is 0 Å². The summed E-state index contributed by atoms with van der Waals surface area (Å²) in [6.45, 7) is 5.38. The molecule has 0 saturated carbocycles. The van der Waals surface area contributed by atoms with Crippen molar-refractivity contribution in [1.29, 1.82) is 0 Å². The molecule has 4 rings (SSSR count). The molecule has 30 heavy (non-hydrogen) atoms. The molecule has 0 atom stereocenters. The maximum absolute atomic E-state index is 11.4. The number of aromatic nitrogens is 3. The maximum Gasteiger partial charge on any atom is 0.417 e. The number of anilines is 4. The number of hydrogen-bond donors (Lipinski definition) is 4. The fraction of sp³-hybridized carbons (Fsp3) is 0.143. The number of nitrogens with zero attached hydrogens (tertiary/aromatic N) is 2. The highest BCUT2D eigenvalue weighted by atomic mass is 16.4. The van der Waals surface area contributed by atoms with Crippen LogP contribution in [0, 0.1) is 20.8 Å². The zero-order chi connectivity index (χ0) is 21.4. The molecule has 0 spiro atoms. The van der Waals surface area contributed by atoms with Gasteiger partial charge >= 0.3 is 11.7 Å². The minimum atomic E-state index is -0.953. The van der Waals surface area contributed by atoms with Gasteiger partial charge in [0.15, 0.2) is 5.58 Å². The lowest BCUT2D eigenvalue weighted by atomic mass is 10.0. The Morgan fingerprint density at radius 3 is 2.47 bits per heavy atom. The van der Waals surface area contributed by atoms with Crippen LogP contribution in [0.5, 0.6) is 0 Å². The second-order valence-corrected chi connectivity index (χ2v) is 6.99. The second kappa shape index (κ2) is 7.36. The molecule has 9 nitrogen and oxygen atoms in total. The summed E-state index contributed by atoms with van der Waals surface area (Å²) in [5, 5.41) is 15.7. The van der Waals surface area contributed by atoms with E-state index in [0.717, 1.165) is 11.3 Å². The van der Waals surface area contributed by atoms with Gasteiger partial charge in [0.1, 0.15) is 5.82 Å². The predicted octanol–water partition coefficient (Wildman–Crippen LogP) is 4.02. The molecule has 0 aliphatic carbocycles. The van der Waals surface area contributed by atoms with Crippen molar-refractivity contribution >= 4 is 40.2 Å². The Hall–Kier alpha value is -4.14. The van der Waals surface area contributed by atoms with Gasteiger partial charge in [-0.2, -0.15) is 4.98 Å². The Morgan fingerprint density at radius 1 is 1.03 bits per heavy atom. The molecule has 4 aromatic rings. The summed E-state index contributed by atoms with van der Waals surface area (Å²) in [5.74, 6) is -0.507. The van der Waals surface area contributed by atoms with Gasteiger partial charge < -0.3 is 20.2 Å². The van der Waals surface area contributed by atoms with Gasteiger partial charge in [-0.25, -0.2) is 14.6 Å². The molecule has 152 valence electrons. The highest BCUT2D eigenvalue weighted by Crippen LogP contribution is 2.25. The van der Waals surface area contributed by atoms with Crippen LogP contribution < -0.4 is 16.4 Å². The smallest absolute Gasteiger partial charge is 0.417 e. The van der Waals surface area contributed by atoms with Crippen molar-refractivity contribution in [2.24, 2.45) is 0 Å². The van der Waals surface area contributed by atoms with Crippen LogP contribution in [-0.4, -0.2) is 26.0 Å². The first-order valence-electron chi connectivity index (χ1n) is 9.15. The van der Waals surface area contributed by atoms with Gasteiger partial charge in [-0.15, -0.1) is 0 Å². The molecule has 0 amide bonds. The van der Waals surface area contributed by atoms with E-state index in [-0.39, 0.29) is 0 Å². The molecule has 0 aliphatic heterocycles. The third kappa shape index (κ3) is 3.72. The van der Waals surface area contributed by atoms with Crippen molar-refractivity contribution in [3.63, 3.8) is 0 Å². The van der Waals surface area contributed by atoms with Gasteiger partial charge in [0.25, 0.3) is 0 Å². The zero-order valence-electron chi connectivity index (χ0n) is 16.5. The Labute approximate surface area is 170 Å². The SMILES string of the molecule is Cc1cnc(Nc2cc(C)c(C(=O)O)c(C)c2)nc1Nc1ccc2oc(=O)[nH]c2c1.